The molecule has 0 bridgehead atoms. The molecule has 0 aromatic heterocycles. The maximum atomic E-state index is 10.7. The zero-order chi connectivity index (χ0) is 10.1. The molecule has 13 heavy (non-hydrogen) atoms. The Kier molecular flexibility index (Phi) is 3.00. The highest BCUT2D eigenvalue weighted by Crippen LogP contribution is 2.19. The lowest BCUT2D eigenvalue weighted by molar-refractivity contribution is 0.483. The molecule has 72 valence electrons. The molecule has 1 aromatic carbocycles. The van der Waals surface area contributed by atoms with Crippen LogP contribution < -0.4 is 0 Å². The van der Waals surface area contributed by atoms with Gasteiger partial charge < -0.3 is 0 Å². The monoisotopic (exact) mass is 218 g/mol. The summed E-state index contributed by atoms with van der Waals surface area (Å²) in [5.41, 5.74) is 0.954. The molecule has 0 spiro atoms. The van der Waals surface area contributed by atoms with Gasteiger partial charge in [-0.05, 0) is 24.1 Å². The minimum atomic E-state index is -4.10. The van der Waals surface area contributed by atoms with E-state index in [2.05, 4.69) is 12.6 Å². The van der Waals surface area contributed by atoms with Crippen LogP contribution in [0.15, 0.2) is 28.0 Å². The molecule has 0 saturated heterocycles. The van der Waals surface area contributed by atoms with Crippen molar-refractivity contribution in [2.75, 3.05) is 0 Å². The molecule has 0 aliphatic heterocycles. The fraction of sp³-hybridized carbons (Fsp3) is 0.250. The van der Waals surface area contributed by atoms with E-state index in [1.807, 2.05) is 6.92 Å². The summed E-state index contributed by atoms with van der Waals surface area (Å²) in [6.45, 7) is 1.95. The van der Waals surface area contributed by atoms with Crippen LogP contribution in [0.3, 0.4) is 0 Å². The van der Waals surface area contributed by atoms with Crippen molar-refractivity contribution >= 4 is 22.7 Å². The van der Waals surface area contributed by atoms with Gasteiger partial charge in [-0.25, -0.2) is 0 Å². The molecule has 0 saturated carbocycles. The number of hydrogen-bond acceptors (Lipinski definition) is 3. The van der Waals surface area contributed by atoms with Gasteiger partial charge in [0.25, 0.3) is 10.1 Å². The van der Waals surface area contributed by atoms with Crippen molar-refractivity contribution in [1.82, 2.24) is 0 Å². The molecule has 0 amide bonds. The number of rotatable bonds is 2. The van der Waals surface area contributed by atoms with Gasteiger partial charge in [-0.15, -0.1) is 12.6 Å². The van der Waals surface area contributed by atoms with Gasteiger partial charge >= 0.3 is 0 Å². The van der Waals surface area contributed by atoms with Crippen LogP contribution >= 0.6 is 12.6 Å². The summed E-state index contributed by atoms with van der Waals surface area (Å²) >= 11 is 4.10. The van der Waals surface area contributed by atoms with Crippen LogP contribution in [0, 0.1) is 0 Å². The Hall–Kier alpha value is -0.520. The highest BCUT2D eigenvalue weighted by atomic mass is 32.2. The van der Waals surface area contributed by atoms with Crippen molar-refractivity contribution < 1.29 is 13.0 Å². The fourth-order valence-corrected chi connectivity index (χ4v) is 1.97. The van der Waals surface area contributed by atoms with E-state index in [1.54, 1.807) is 6.07 Å². The summed E-state index contributed by atoms with van der Waals surface area (Å²) in [4.78, 5) is 0.465. The first-order chi connectivity index (χ1) is 5.95. The molecule has 0 unspecified atom stereocenters. The van der Waals surface area contributed by atoms with Gasteiger partial charge in [0, 0.05) is 4.90 Å². The van der Waals surface area contributed by atoms with Crippen LogP contribution in [0.25, 0.3) is 0 Å². The van der Waals surface area contributed by atoms with Crippen molar-refractivity contribution in [3.8, 4) is 0 Å². The molecule has 0 aliphatic carbocycles. The average Bonchev–Trinajstić information content (AvgIpc) is 2.02. The summed E-state index contributed by atoms with van der Waals surface area (Å²) in [6, 6.07) is 4.36. The van der Waals surface area contributed by atoms with Gasteiger partial charge in [0.15, 0.2) is 0 Å². The Morgan fingerprint density at radius 3 is 2.46 bits per heavy atom. The van der Waals surface area contributed by atoms with Crippen LogP contribution in [-0.4, -0.2) is 13.0 Å². The quantitative estimate of drug-likeness (QED) is 0.587. The Balaban J connectivity index is 3.26. The molecule has 0 fully saturated rings. The van der Waals surface area contributed by atoms with Crippen molar-refractivity contribution in [1.29, 1.82) is 0 Å². The third kappa shape index (κ3) is 2.46. The number of thiol groups is 1. The van der Waals surface area contributed by atoms with Crippen LogP contribution in [-0.2, 0) is 16.5 Å². The van der Waals surface area contributed by atoms with Crippen molar-refractivity contribution in [3.05, 3.63) is 23.8 Å². The van der Waals surface area contributed by atoms with E-state index in [4.69, 9.17) is 4.55 Å². The van der Waals surface area contributed by atoms with Crippen molar-refractivity contribution in [2.24, 2.45) is 0 Å². The Labute approximate surface area is 82.9 Å². The topological polar surface area (TPSA) is 54.4 Å². The average molecular weight is 218 g/mol. The number of aryl methyl sites for hydroxylation is 1. The Morgan fingerprint density at radius 2 is 2.08 bits per heavy atom. The Morgan fingerprint density at radius 1 is 1.46 bits per heavy atom. The van der Waals surface area contributed by atoms with Gasteiger partial charge in [-0.3, -0.25) is 4.55 Å². The van der Waals surface area contributed by atoms with Gasteiger partial charge in [0.05, 0.1) is 4.90 Å². The predicted octanol–water partition coefficient (Wildman–Crippen LogP) is 1.78. The summed E-state index contributed by atoms with van der Waals surface area (Å²) in [6.07, 6.45) is 0.782. The number of hydrogen-bond donors (Lipinski definition) is 2. The van der Waals surface area contributed by atoms with Gasteiger partial charge in [0.2, 0.25) is 0 Å². The van der Waals surface area contributed by atoms with E-state index in [0.29, 0.717) is 4.90 Å². The highest BCUT2D eigenvalue weighted by Gasteiger charge is 2.10. The third-order valence-corrected chi connectivity index (χ3v) is 3.00. The predicted molar refractivity (Wildman–Crippen MR) is 52.9 cm³/mol. The lowest BCUT2D eigenvalue weighted by atomic mass is 10.2. The SMILES string of the molecule is CCc1ccc(S(=O)(=O)O)cc1S. The van der Waals surface area contributed by atoms with Crippen LogP contribution in [0.5, 0.6) is 0 Å². The van der Waals surface area contributed by atoms with E-state index in [-0.39, 0.29) is 4.90 Å². The lowest BCUT2D eigenvalue weighted by Crippen LogP contribution is -1.98. The van der Waals surface area contributed by atoms with E-state index >= 15 is 0 Å². The number of benzene rings is 1. The third-order valence-electron chi connectivity index (χ3n) is 1.74. The molecule has 5 heteroatoms. The second kappa shape index (κ2) is 3.69. The zero-order valence-electron chi connectivity index (χ0n) is 7.06. The van der Waals surface area contributed by atoms with Gasteiger partial charge in [-0.2, -0.15) is 8.42 Å². The fourth-order valence-electron chi connectivity index (χ4n) is 1.00. The second-order valence-electron chi connectivity index (χ2n) is 2.62. The maximum absolute atomic E-state index is 10.7. The Bertz CT molecular complexity index is 409. The second-order valence-corrected chi connectivity index (χ2v) is 4.52. The minimum absolute atomic E-state index is 0.116. The summed E-state index contributed by atoms with van der Waals surface area (Å²) in [5, 5.41) is 0. The van der Waals surface area contributed by atoms with E-state index in [9.17, 15) is 8.42 Å². The van der Waals surface area contributed by atoms with E-state index in [0.717, 1.165) is 12.0 Å². The lowest BCUT2D eigenvalue weighted by Gasteiger charge is -2.03. The van der Waals surface area contributed by atoms with Crippen molar-refractivity contribution in [2.45, 2.75) is 23.1 Å². The molecular weight excluding hydrogens is 208 g/mol. The first-order valence-electron chi connectivity index (χ1n) is 3.74. The molecule has 1 rings (SSSR count). The normalized spacial score (nSPS) is 11.6. The van der Waals surface area contributed by atoms with Crippen LogP contribution in [0.2, 0.25) is 0 Å². The van der Waals surface area contributed by atoms with Gasteiger partial charge in [0.1, 0.15) is 0 Å². The van der Waals surface area contributed by atoms with Crippen LogP contribution in [0.4, 0.5) is 0 Å². The molecular formula is C8H10O3S2. The maximum Gasteiger partial charge on any atom is 0.294 e. The molecule has 0 radical (unpaired) electrons. The minimum Gasteiger partial charge on any atom is -0.282 e. The standard InChI is InChI=1S/C8H10O3S2/c1-2-6-3-4-7(5-8(6)12)13(9,10)11/h3-5,12H,2H2,1H3,(H,9,10,11). The molecule has 0 atom stereocenters. The molecule has 1 N–H and O–H groups in total. The largest absolute Gasteiger partial charge is 0.294 e. The van der Waals surface area contributed by atoms with E-state index < -0.39 is 10.1 Å². The molecule has 0 aliphatic rings. The van der Waals surface area contributed by atoms with E-state index in [1.165, 1.54) is 12.1 Å². The summed E-state index contributed by atoms with van der Waals surface area (Å²) in [7, 11) is -4.10. The smallest absolute Gasteiger partial charge is 0.282 e. The zero-order valence-corrected chi connectivity index (χ0v) is 8.77. The first-order valence-corrected chi connectivity index (χ1v) is 5.63. The highest BCUT2D eigenvalue weighted by molar-refractivity contribution is 7.86. The summed E-state index contributed by atoms with van der Waals surface area (Å²) < 4.78 is 30.1. The van der Waals surface area contributed by atoms with Crippen LogP contribution in [0.1, 0.15) is 12.5 Å². The molecule has 3 nitrogen and oxygen atoms in total. The summed E-state index contributed by atoms with van der Waals surface area (Å²) in [5.74, 6) is 0. The van der Waals surface area contributed by atoms with Gasteiger partial charge in [-0.1, -0.05) is 13.0 Å². The molecule has 1 aromatic rings. The molecule has 0 heterocycles. The first kappa shape index (κ1) is 10.6. The van der Waals surface area contributed by atoms with Crippen molar-refractivity contribution in [3.63, 3.8) is 0 Å².